The third kappa shape index (κ3) is 2.88. The van der Waals surface area contributed by atoms with E-state index >= 15 is 0 Å². The van der Waals surface area contributed by atoms with Crippen LogP contribution in [0.25, 0.3) is 0 Å². The molecule has 74 valence electrons. The molecule has 1 rings (SSSR count). The van der Waals surface area contributed by atoms with Crippen LogP contribution < -0.4 is 0 Å². The van der Waals surface area contributed by atoms with E-state index in [1.165, 1.54) is 11.1 Å². The van der Waals surface area contributed by atoms with Gasteiger partial charge in [0.05, 0.1) is 0 Å². The molecule has 0 bridgehead atoms. The maximum Gasteiger partial charge on any atom is -0.0236 e. The van der Waals surface area contributed by atoms with Gasteiger partial charge in [-0.3, -0.25) is 0 Å². The molecular weight excluding hydrogens is 168 g/mol. The number of allylic oxidation sites excluding steroid dienone is 2. The highest BCUT2D eigenvalue weighted by Gasteiger charge is 1.99. The van der Waals surface area contributed by atoms with Crippen LogP contribution in [0.15, 0.2) is 49.1 Å². The summed E-state index contributed by atoms with van der Waals surface area (Å²) in [5.74, 6) is 0. The maximum atomic E-state index is 3.93. The molecule has 0 unspecified atom stereocenters. The number of rotatable bonds is 5. The van der Waals surface area contributed by atoms with Gasteiger partial charge in [0.2, 0.25) is 0 Å². The van der Waals surface area contributed by atoms with E-state index in [1.807, 2.05) is 6.08 Å². The summed E-state index contributed by atoms with van der Waals surface area (Å²) in [7, 11) is 0. The van der Waals surface area contributed by atoms with Gasteiger partial charge in [-0.1, -0.05) is 56.0 Å². The molecule has 0 nitrogen and oxygen atoms in total. The van der Waals surface area contributed by atoms with Crippen LogP contribution in [-0.2, 0) is 12.8 Å². The van der Waals surface area contributed by atoms with Gasteiger partial charge in [0.15, 0.2) is 0 Å². The maximum absolute atomic E-state index is 3.93. The molecule has 0 amide bonds. The molecule has 0 N–H and O–H groups in total. The summed E-state index contributed by atoms with van der Waals surface area (Å²) in [6, 6.07) is 8.61. The highest BCUT2D eigenvalue weighted by Crippen LogP contribution is 2.14. The molecule has 0 fully saturated rings. The Morgan fingerprint density at radius 3 is 2.50 bits per heavy atom. The van der Waals surface area contributed by atoms with Crippen LogP contribution >= 0.6 is 0 Å². The molecule has 0 heterocycles. The van der Waals surface area contributed by atoms with Gasteiger partial charge in [-0.05, 0) is 30.4 Å². The van der Waals surface area contributed by atoms with Crippen molar-refractivity contribution in [3.63, 3.8) is 0 Å². The molecule has 0 aromatic heterocycles. The number of hydrogen-bond donors (Lipinski definition) is 0. The molecule has 0 spiro atoms. The Bertz CT molecular complexity index is 321. The van der Waals surface area contributed by atoms with Crippen LogP contribution in [0.3, 0.4) is 0 Å². The smallest absolute Gasteiger partial charge is 0.0236 e. The normalized spacial score (nSPS) is 9.79. The highest BCUT2D eigenvalue weighted by atomic mass is 14.0. The molecule has 1 aromatic carbocycles. The Morgan fingerprint density at radius 1 is 1.29 bits per heavy atom. The molecule has 0 aliphatic rings. The molecule has 14 heavy (non-hydrogen) atoms. The Kier molecular flexibility index (Phi) is 4.18. The molecule has 0 radical (unpaired) electrons. The fourth-order valence-corrected chi connectivity index (χ4v) is 1.54. The quantitative estimate of drug-likeness (QED) is 0.611. The fourth-order valence-electron chi connectivity index (χ4n) is 1.54. The van der Waals surface area contributed by atoms with E-state index in [-0.39, 0.29) is 0 Å². The largest absolute Gasteiger partial charge is 0.0988 e. The minimum absolute atomic E-state index is 1.01. The molecule has 0 heteroatoms. The van der Waals surface area contributed by atoms with Crippen LogP contribution in [0.2, 0.25) is 0 Å². The summed E-state index contributed by atoms with van der Waals surface area (Å²) in [5.41, 5.74) is 4.01. The average molecular weight is 186 g/mol. The summed E-state index contributed by atoms with van der Waals surface area (Å²) >= 11 is 0. The lowest BCUT2D eigenvalue weighted by Crippen LogP contribution is -1.92. The van der Waals surface area contributed by atoms with Gasteiger partial charge < -0.3 is 0 Å². The lowest BCUT2D eigenvalue weighted by atomic mass is 9.99. The third-order valence-corrected chi connectivity index (χ3v) is 2.50. The van der Waals surface area contributed by atoms with E-state index in [2.05, 4.69) is 44.3 Å². The van der Waals surface area contributed by atoms with Crippen molar-refractivity contribution in [3.8, 4) is 0 Å². The molecule has 0 aliphatic carbocycles. The number of aryl methyl sites for hydroxylation is 2. The first-order valence-corrected chi connectivity index (χ1v) is 5.15. The van der Waals surface area contributed by atoms with Gasteiger partial charge in [0.1, 0.15) is 0 Å². The van der Waals surface area contributed by atoms with Crippen LogP contribution in [-0.4, -0.2) is 0 Å². The van der Waals surface area contributed by atoms with E-state index < -0.39 is 0 Å². The van der Waals surface area contributed by atoms with Gasteiger partial charge in [-0.25, -0.2) is 0 Å². The molecule has 1 aromatic rings. The number of hydrogen-bond acceptors (Lipinski definition) is 0. The first-order valence-electron chi connectivity index (χ1n) is 5.15. The Hall–Kier alpha value is -1.30. The summed E-state index contributed by atoms with van der Waals surface area (Å²) in [6.45, 7) is 9.84. The second-order valence-corrected chi connectivity index (χ2v) is 3.48. The lowest BCUT2D eigenvalue weighted by Gasteiger charge is -2.07. The van der Waals surface area contributed by atoms with Crippen molar-refractivity contribution in [3.05, 3.63) is 60.2 Å². The molecule has 0 saturated heterocycles. The zero-order valence-electron chi connectivity index (χ0n) is 8.92. The van der Waals surface area contributed by atoms with Crippen molar-refractivity contribution >= 4 is 0 Å². The Labute approximate surface area is 87.0 Å². The summed E-state index contributed by atoms with van der Waals surface area (Å²) in [6.07, 6.45) is 5.04. The van der Waals surface area contributed by atoms with Crippen molar-refractivity contribution in [2.45, 2.75) is 26.2 Å². The predicted octanol–water partition coefficient (Wildman–Crippen LogP) is 3.92. The van der Waals surface area contributed by atoms with Crippen molar-refractivity contribution in [2.75, 3.05) is 0 Å². The van der Waals surface area contributed by atoms with E-state index in [0.717, 1.165) is 24.8 Å². The Balaban J connectivity index is 2.66. The van der Waals surface area contributed by atoms with E-state index in [4.69, 9.17) is 0 Å². The van der Waals surface area contributed by atoms with E-state index in [9.17, 15) is 0 Å². The molecule has 0 aliphatic heterocycles. The standard InChI is InChI=1S/C14H18/c1-4-12(3)10-11-14-9-7-6-8-13(14)5-2/h4,6-9H,1,3,5,10-11H2,2H3. The van der Waals surface area contributed by atoms with Crippen molar-refractivity contribution in [1.29, 1.82) is 0 Å². The van der Waals surface area contributed by atoms with Crippen molar-refractivity contribution in [2.24, 2.45) is 0 Å². The fraction of sp³-hybridized carbons (Fsp3) is 0.286. The zero-order chi connectivity index (χ0) is 10.4. The predicted molar refractivity (Wildman–Crippen MR) is 63.5 cm³/mol. The highest BCUT2D eigenvalue weighted by molar-refractivity contribution is 5.28. The van der Waals surface area contributed by atoms with Gasteiger partial charge >= 0.3 is 0 Å². The first kappa shape index (κ1) is 10.8. The lowest BCUT2D eigenvalue weighted by molar-refractivity contribution is 0.938. The van der Waals surface area contributed by atoms with E-state index in [0.29, 0.717) is 0 Å². The minimum Gasteiger partial charge on any atom is -0.0988 e. The Morgan fingerprint density at radius 2 is 1.93 bits per heavy atom. The SMILES string of the molecule is C=CC(=C)CCc1ccccc1CC. The first-order chi connectivity index (χ1) is 6.77. The summed E-state index contributed by atoms with van der Waals surface area (Å²) < 4.78 is 0. The monoisotopic (exact) mass is 186 g/mol. The topological polar surface area (TPSA) is 0 Å². The van der Waals surface area contributed by atoms with Gasteiger partial charge in [0, 0.05) is 0 Å². The summed E-state index contributed by atoms with van der Waals surface area (Å²) in [4.78, 5) is 0. The van der Waals surface area contributed by atoms with Crippen LogP contribution in [0.4, 0.5) is 0 Å². The van der Waals surface area contributed by atoms with Gasteiger partial charge in [0.25, 0.3) is 0 Å². The van der Waals surface area contributed by atoms with Crippen LogP contribution in [0.5, 0.6) is 0 Å². The zero-order valence-corrected chi connectivity index (χ0v) is 8.92. The second kappa shape index (κ2) is 5.43. The minimum atomic E-state index is 1.01. The van der Waals surface area contributed by atoms with Crippen molar-refractivity contribution < 1.29 is 0 Å². The molecule has 0 saturated carbocycles. The van der Waals surface area contributed by atoms with Crippen LogP contribution in [0, 0.1) is 0 Å². The summed E-state index contributed by atoms with van der Waals surface area (Å²) in [5, 5.41) is 0. The van der Waals surface area contributed by atoms with Crippen LogP contribution in [0.1, 0.15) is 24.5 Å². The number of benzene rings is 1. The molecular formula is C14H18. The van der Waals surface area contributed by atoms with Gasteiger partial charge in [-0.15, -0.1) is 0 Å². The second-order valence-electron chi connectivity index (χ2n) is 3.48. The average Bonchev–Trinajstić information content (AvgIpc) is 2.26. The molecule has 0 atom stereocenters. The third-order valence-electron chi connectivity index (χ3n) is 2.50. The van der Waals surface area contributed by atoms with Crippen molar-refractivity contribution in [1.82, 2.24) is 0 Å². The van der Waals surface area contributed by atoms with Gasteiger partial charge in [-0.2, -0.15) is 0 Å². The van der Waals surface area contributed by atoms with E-state index in [1.54, 1.807) is 0 Å².